The van der Waals surface area contributed by atoms with Gasteiger partial charge in [0.2, 0.25) is 0 Å². The van der Waals surface area contributed by atoms with Crippen molar-refractivity contribution in [3.05, 3.63) is 0 Å². The Hall–Kier alpha value is 2.96. The van der Waals surface area contributed by atoms with Crippen LogP contribution in [0.4, 0.5) is 0 Å². The fourth-order valence-corrected chi connectivity index (χ4v) is 0. The molecule has 0 aromatic carbocycles. The normalized spacial score (nSPS) is 0. The minimum Gasteiger partial charge on any atom is 0 e. The SMILES string of the molecule is Cl.Cl.Cl.Cl.Cl.[SnH2].[Ti]. The van der Waals surface area contributed by atoms with E-state index in [9.17, 15) is 0 Å². The molecule has 0 aromatic rings. The van der Waals surface area contributed by atoms with E-state index in [1.54, 1.807) is 0 Å². The first-order valence-corrected chi connectivity index (χ1v) is 0. The molecule has 0 amide bonds. The summed E-state index contributed by atoms with van der Waals surface area (Å²) in [5.74, 6) is 0. The van der Waals surface area contributed by atoms with Gasteiger partial charge >= 0.3 is 23.9 Å². The van der Waals surface area contributed by atoms with Gasteiger partial charge in [-0.1, -0.05) is 0 Å². The monoisotopic (exact) mass is 350 g/mol. The van der Waals surface area contributed by atoms with Crippen molar-refractivity contribution < 1.29 is 21.7 Å². The average molecular weight is 351 g/mol. The van der Waals surface area contributed by atoms with Crippen molar-refractivity contribution in [3.63, 3.8) is 0 Å². The third-order valence-corrected chi connectivity index (χ3v) is 0. The largest absolute Gasteiger partial charge is 0 e. The van der Waals surface area contributed by atoms with Gasteiger partial charge in [0.15, 0.2) is 0 Å². The van der Waals surface area contributed by atoms with Crippen molar-refractivity contribution in [1.29, 1.82) is 0 Å². The van der Waals surface area contributed by atoms with Crippen LogP contribution in [0.25, 0.3) is 0 Å². The van der Waals surface area contributed by atoms with Crippen molar-refractivity contribution in [3.8, 4) is 0 Å². The molecular weight excluding hydrogens is 344 g/mol. The minimum absolute atomic E-state index is 0. The van der Waals surface area contributed by atoms with Crippen LogP contribution in [0, 0.1) is 0 Å². The summed E-state index contributed by atoms with van der Waals surface area (Å²) < 4.78 is 0. The van der Waals surface area contributed by atoms with Crippen LogP contribution in [0.5, 0.6) is 0 Å². The Kier molecular flexibility index (Phi) is 843. The molecule has 0 unspecified atom stereocenters. The molecule has 0 aliphatic heterocycles. The molecule has 2 radical (unpaired) electrons. The fraction of sp³-hybridized carbons (Fsp3) is 0. The van der Waals surface area contributed by atoms with Gasteiger partial charge in [-0.25, -0.2) is 0 Å². The van der Waals surface area contributed by atoms with Gasteiger partial charge in [-0.05, 0) is 0 Å². The summed E-state index contributed by atoms with van der Waals surface area (Å²) in [5.41, 5.74) is 0. The van der Waals surface area contributed by atoms with E-state index >= 15 is 0 Å². The first-order chi connectivity index (χ1) is 0. The summed E-state index contributed by atoms with van der Waals surface area (Å²) in [6, 6.07) is 0. The summed E-state index contributed by atoms with van der Waals surface area (Å²) in [7, 11) is 0. The van der Waals surface area contributed by atoms with E-state index in [2.05, 4.69) is 0 Å². The molecule has 7 heteroatoms. The molecule has 0 N–H and O–H groups in total. The molecule has 0 saturated carbocycles. The van der Waals surface area contributed by atoms with Gasteiger partial charge in [0.05, 0.1) is 0 Å². The van der Waals surface area contributed by atoms with Gasteiger partial charge in [0, 0.05) is 21.7 Å². The second-order valence-electron chi connectivity index (χ2n) is 0. The number of hydrogen-bond donors (Lipinski definition) is 0. The second kappa shape index (κ2) is 64.7. The van der Waals surface area contributed by atoms with E-state index < -0.39 is 0 Å². The average Bonchev–Trinajstić information content (AvgIpc) is 0. The molecule has 0 fully saturated rings. The van der Waals surface area contributed by atoms with Crippen molar-refractivity contribution >= 4 is 85.9 Å². The second-order valence-corrected chi connectivity index (χ2v) is 0. The Morgan fingerprint density at radius 3 is 0.429 bits per heavy atom. The molecular formula is H7Cl5SnTi. The smallest absolute Gasteiger partial charge is 0 e. The molecule has 0 saturated heterocycles. The summed E-state index contributed by atoms with van der Waals surface area (Å²) in [6.07, 6.45) is 0. The molecule has 0 atom stereocenters. The summed E-state index contributed by atoms with van der Waals surface area (Å²) in [4.78, 5) is 0. The number of rotatable bonds is 0. The van der Waals surface area contributed by atoms with Crippen LogP contribution in [-0.4, -0.2) is 23.9 Å². The zero-order valence-electron chi connectivity index (χ0n) is 3.25. The van der Waals surface area contributed by atoms with Gasteiger partial charge in [0.1, 0.15) is 0 Å². The van der Waals surface area contributed by atoms with E-state index in [4.69, 9.17) is 0 Å². The van der Waals surface area contributed by atoms with Gasteiger partial charge in [0.25, 0.3) is 0 Å². The van der Waals surface area contributed by atoms with Gasteiger partial charge < -0.3 is 0 Å². The maximum absolute atomic E-state index is 0. The van der Waals surface area contributed by atoms with Gasteiger partial charge in [-0.2, -0.15) is 0 Å². The van der Waals surface area contributed by atoms with Gasteiger partial charge in [-0.15, -0.1) is 62.0 Å². The van der Waals surface area contributed by atoms with E-state index in [1.165, 1.54) is 0 Å². The topological polar surface area (TPSA) is 0 Å². The predicted octanol–water partition coefficient (Wildman–Crippen LogP) is 1.19. The Bertz CT molecular complexity index is 8.04. The van der Waals surface area contributed by atoms with Crippen molar-refractivity contribution in [2.75, 3.05) is 0 Å². The zero-order chi connectivity index (χ0) is 0. The molecule has 50 valence electrons. The first-order valence-electron chi connectivity index (χ1n) is 0. The maximum Gasteiger partial charge on any atom is 0 e. The Labute approximate surface area is 106 Å². The standard InChI is InChI=1S/5ClH.Sn.Ti.2H/h5*1H;;;;. The Morgan fingerprint density at radius 2 is 0.429 bits per heavy atom. The van der Waals surface area contributed by atoms with Crippen molar-refractivity contribution in [2.24, 2.45) is 0 Å². The van der Waals surface area contributed by atoms with E-state index in [0.29, 0.717) is 0 Å². The van der Waals surface area contributed by atoms with Crippen LogP contribution in [-0.2, 0) is 21.7 Å². The molecule has 0 nitrogen and oxygen atoms in total. The van der Waals surface area contributed by atoms with Crippen LogP contribution < -0.4 is 0 Å². The summed E-state index contributed by atoms with van der Waals surface area (Å²) in [6.45, 7) is 0. The quantitative estimate of drug-likeness (QED) is 0.576. The zero-order valence-corrected chi connectivity index (χ0v) is 12.9. The van der Waals surface area contributed by atoms with Crippen LogP contribution in [0.2, 0.25) is 0 Å². The number of halogens is 5. The summed E-state index contributed by atoms with van der Waals surface area (Å²) >= 11 is 0. The Balaban J connectivity index is 0. The Morgan fingerprint density at radius 1 is 0.429 bits per heavy atom. The first kappa shape index (κ1) is 91.2. The van der Waals surface area contributed by atoms with E-state index in [1.807, 2.05) is 0 Å². The molecule has 0 heterocycles. The molecule has 0 bridgehead atoms. The maximum atomic E-state index is 0. The van der Waals surface area contributed by atoms with Crippen LogP contribution in [0.15, 0.2) is 0 Å². The summed E-state index contributed by atoms with van der Waals surface area (Å²) in [5, 5.41) is 0. The molecule has 0 aromatic heterocycles. The van der Waals surface area contributed by atoms with E-state index in [0.717, 1.165) is 0 Å². The van der Waals surface area contributed by atoms with E-state index in [-0.39, 0.29) is 108 Å². The fourth-order valence-electron chi connectivity index (χ4n) is 0. The van der Waals surface area contributed by atoms with Gasteiger partial charge in [-0.3, -0.25) is 0 Å². The van der Waals surface area contributed by atoms with Crippen LogP contribution in [0.1, 0.15) is 0 Å². The molecule has 0 aliphatic carbocycles. The number of hydrogen-bond acceptors (Lipinski definition) is 0. The van der Waals surface area contributed by atoms with Crippen LogP contribution >= 0.6 is 62.0 Å². The molecule has 0 rings (SSSR count). The molecule has 0 spiro atoms. The third kappa shape index (κ3) is 49.5. The van der Waals surface area contributed by atoms with Crippen molar-refractivity contribution in [1.82, 2.24) is 0 Å². The molecule has 7 heavy (non-hydrogen) atoms. The predicted molar refractivity (Wildman–Crippen MR) is 44.8 cm³/mol. The third-order valence-electron chi connectivity index (χ3n) is 0. The minimum atomic E-state index is 0. The molecule has 0 aliphatic rings. The van der Waals surface area contributed by atoms with Crippen LogP contribution in [0.3, 0.4) is 0 Å². The van der Waals surface area contributed by atoms with Crippen molar-refractivity contribution in [2.45, 2.75) is 0 Å².